The third-order valence-corrected chi connectivity index (χ3v) is 4.78. The number of hydrogen-bond acceptors (Lipinski definition) is 3. The first-order chi connectivity index (χ1) is 9.81. The predicted molar refractivity (Wildman–Crippen MR) is 82.5 cm³/mol. The minimum absolute atomic E-state index is 0.393. The van der Waals surface area contributed by atoms with Crippen molar-refractivity contribution in [1.29, 1.82) is 0 Å². The molecule has 3 rings (SSSR count). The molecule has 0 radical (unpaired) electrons. The van der Waals surface area contributed by atoms with Crippen molar-refractivity contribution in [3.8, 4) is 0 Å². The lowest BCUT2D eigenvalue weighted by atomic mass is 9.90. The summed E-state index contributed by atoms with van der Waals surface area (Å²) in [6.07, 6.45) is 6.36. The molecule has 4 heteroatoms. The summed E-state index contributed by atoms with van der Waals surface area (Å²) < 4.78 is 5.95. The van der Waals surface area contributed by atoms with Gasteiger partial charge >= 0.3 is 0 Å². The number of fused-ring (bicyclic) bond motifs is 1. The second kappa shape index (κ2) is 6.31. The molecule has 0 amide bonds. The van der Waals surface area contributed by atoms with E-state index in [0.717, 1.165) is 31.1 Å². The van der Waals surface area contributed by atoms with Gasteiger partial charge in [-0.25, -0.2) is 4.98 Å². The Morgan fingerprint density at radius 3 is 3.00 bits per heavy atom. The summed E-state index contributed by atoms with van der Waals surface area (Å²) in [7, 11) is 0. The van der Waals surface area contributed by atoms with Gasteiger partial charge < -0.3 is 9.64 Å². The molecule has 0 N–H and O–H groups in total. The van der Waals surface area contributed by atoms with E-state index in [0.29, 0.717) is 18.0 Å². The predicted octanol–water partition coefficient (Wildman–Crippen LogP) is 3.53. The average molecular weight is 295 g/mol. The largest absolute Gasteiger partial charge is 0.374 e. The number of alkyl halides is 1. The molecule has 0 spiro atoms. The second-order valence-corrected chi connectivity index (χ2v) is 6.03. The summed E-state index contributed by atoms with van der Waals surface area (Å²) in [5.41, 5.74) is 2.31. The maximum atomic E-state index is 6.03. The van der Waals surface area contributed by atoms with E-state index in [1.807, 2.05) is 0 Å². The molecule has 3 nitrogen and oxygen atoms in total. The van der Waals surface area contributed by atoms with Gasteiger partial charge in [-0.3, -0.25) is 0 Å². The topological polar surface area (TPSA) is 25.4 Å². The molecule has 1 aromatic rings. The molecule has 2 heterocycles. The fraction of sp³-hybridized carbons (Fsp3) is 0.688. The summed E-state index contributed by atoms with van der Waals surface area (Å²) in [4.78, 5) is 7.29. The molecule has 2 unspecified atom stereocenters. The number of aromatic nitrogens is 1. The van der Waals surface area contributed by atoms with Crippen LogP contribution in [0, 0.1) is 0 Å². The van der Waals surface area contributed by atoms with E-state index in [9.17, 15) is 0 Å². The summed E-state index contributed by atoms with van der Waals surface area (Å²) in [6.45, 7) is 3.91. The molecule has 1 saturated heterocycles. The highest BCUT2D eigenvalue weighted by atomic mass is 35.5. The lowest BCUT2D eigenvalue weighted by Gasteiger charge is -2.44. The Morgan fingerprint density at radius 1 is 1.35 bits per heavy atom. The fourth-order valence-electron chi connectivity index (χ4n) is 3.42. The van der Waals surface area contributed by atoms with Gasteiger partial charge in [-0.15, -0.1) is 11.6 Å². The molecular formula is C16H23ClN2O. The van der Waals surface area contributed by atoms with Crippen molar-refractivity contribution >= 4 is 17.4 Å². The van der Waals surface area contributed by atoms with E-state index in [-0.39, 0.29) is 0 Å². The highest BCUT2D eigenvalue weighted by molar-refractivity contribution is 6.17. The van der Waals surface area contributed by atoms with Crippen molar-refractivity contribution in [2.75, 3.05) is 18.1 Å². The molecule has 0 bridgehead atoms. The number of morpholine rings is 1. The molecule has 1 aliphatic heterocycles. The lowest BCUT2D eigenvalue weighted by Crippen LogP contribution is -2.53. The molecule has 2 fully saturated rings. The Balaban J connectivity index is 1.90. The van der Waals surface area contributed by atoms with Gasteiger partial charge in [0.05, 0.1) is 18.8 Å². The highest BCUT2D eigenvalue weighted by Crippen LogP contribution is 2.31. The maximum absolute atomic E-state index is 6.03. The molecule has 2 atom stereocenters. The molecular weight excluding hydrogens is 272 g/mol. The first-order valence-electron chi connectivity index (χ1n) is 7.76. The summed E-state index contributed by atoms with van der Waals surface area (Å²) >= 11 is 6.03. The van der Waals surface area contributed by atoms with Crippen LogP contribution in [0.3, 0.4) is 0 Å². The monoisotopic (exact) mass is 294 g/mol. The Kier molecular flexibility index (Phi) is 4.47. The van der Waals surface area contributed by atoms with Gasteiger partial charge in [-0.1, -0.05) is 19.8 Å². The number of pyridine rings is 1. The smallest absolute Gasteiger partial charge is 0.129 e. The zero-order valence-electron chi connectivity index (χ0n) is 12.1. The van der Waals surface area contributed by atoms with Crippen LogP contribution in [0.2, 0.25) is 0 Å². The van der Waals surface area contributed by atoms with E-state index >= 15 is 0 Å². The molecule has 2 aliphatic rings. The number of hydrogen-bond donors (Lipinski definition) is 0. The van der Waals surface area contributed by atoms with Gasteiger partial charge in [0.15, 0.2) is 0 Å². The van der Waals surface area contributed by atoms with Crippen LogP contribution in [-0.4, -0.2) is 30.3 Å². The van der Waals surface area contributed by atoms with Crippen LogP contribution < -0.4 is 4.90 Å². The Bertz CT molecular complexity index is 442. The van der Waals surface area contributed by atoms with Crippen LogP contribution in [0.15, 0.2) is 12.1 Å². The van der Waals surface area contributed by atoms with Crippen LogP contribution in [0.5, 0.6) is 0 Å². The number of halogens is 1. The maximum Gasteiger partial charge on any atom is 0.129 e. The van der Waals surface area contributed by atoms with Gasteiger partial charge in [-0.05, 0) is 37.0 Å². The van der Waals surface area contributed by atoms with Crippen LogP contribution in [0.25, 0.3) is 0 Å². The first kappa shape index (κ1) is 14.2. The minimum Gasteiger partial charge on any atom is -0.374 e. The highest BCUT2D eigenvalue weighted by Gasteiger charge is 2.34. The van der Waals surface area contributed by atoms with Crippen molar-refractivity contribution < 1.29 is 4.74 Å². The van der Waals surface area contributed by atoms with E-state index < -0.39 is 0 Å². The number of aryl methyl sites for hydroxylation is 1. The normalized spacial score (nSPS) is 26.4. The Morgan fingerprint density at radius 2 is 2.20 bits per heavy atom. The zero-order valence-corrected chi connectivity index (χ0v) is 12.9. The van der Waals surface area contributed by atoms with Crippen molar-refractivity contribution in [3.05, 3.63) is 23.4 Å². The van der Waals surface area contributed by atoms with Crippen LogP contribution in [-0.2, 0) is 17.0 Å². The number of rotatable bonds is 3. The number of ether oxygens (including phenoxy) is 1. The van der Waals surface area contributed by atoms with Crippen molar-refractivity contribution in [2.24, 2.45) is 0 Å². The standard InChI is InChI=1S/C16H23ClN2O/c1-2-13-9-12(11-17)10-16(18-13)19-7-8-20-15-6-4-3-5-14(15)19/h9-10,14-15H,2-8,11H2,1H3. The molecule has 110 valence electrons. The Labute approximate surface area is 126 Å². The Hall–Kier alpha value is -0.800. The lowest BCUT2D eigenvalue weighted by molar-refractivity contribution is -0.00900. The molecule has 20 heavy (non-hydrogen) atoms. The minimum atomic E-state index is 0.393. The third-order valence-electron chi connectivity index (χ3n) is 4.47. The summed E-state index contributed by atoms with van der Waals surface area (Å²) in [6, 6.07) is 4.78. The average Bonchev–Trinajstić information content (AvgIpc) is 2.53. The van der Waals surface area contributed by atoms with E-state index in [1.54, 1.807) is 0 Å². The third kappa shape index (κ3) is 2.79. The molecule has 0 aromatic carbocycles. The van der Waals surface area contributed by atoms with Gasteiger partial charge in [0.1, 0.15) is 5.82 Å². The number of nitrogens with zero attached hydrogens (tertiary/aromatic N) is 2. The molecule has 1 aromatic heterocycles. The van der Waals surface area contributed by atoms with Crippen LogP contribution in [0.1, 0.15) is 43.9 Å². The van der Waals surface area contributed by atoms with Gasteiger partial charge in [0.2, 0.25) is 0 Å². The summed E-state index contributed by atoms with van der Waals surface area (Å²) in [5, 5.41) is 0. The van der Waals surface area contributed by atoms with Gasteiger partial charge in [0.25, 0.3) is 0 Å². The fourth-order valence-corrected chi connectivity index (χ4v) is 3.57. The van der Waals surface area contributed by atoms with Crippen molar-refractivity contribution in [2.45, 2.75) is 57.1 Å². The van der Waals surface area contributed by atoms with Crippen LogP contribution in [0.4, 0.5) is 5.82 Å². The number of anilines is 1. The first-order valence-corrected chi connectivity index (χ1v) is 8.29. The quantitative estimate of drug-likeness (QED) is 0.798. The van der Waals surface area contributed by atoms with Crippen molar-refractivity contribution in [1.82, 2.24) is 4.98 Å². The van der Waals surface area contributed by atoms with Crippen LogP contribution >= 0.6 is 11.6 Å². The van der Waals surface area contributed by atoms with E-state index in [4.69, 9.17) is 21.3 Å². The molecule has 1 aliphatic carbocycles. The van der Waals surface area contributed by atoms with E-state index in [1.165, 1.54) is 31.2 Å². The zero-order chi connectivity index (χ0) is 13.9. The summed E-state index contributed by atoms with van der Waals surface area (Å²) in [5.74, 6) is 1.65. The second-order valence-electron chi connectivity index (χ2n) is 5.77. The SMILES string of the molecule is CCc1cc(CCl)cc(N2CCOC3CCCCC32)n1. The van der Waals surface area contributed by atoms with Crippen molar-refractivity contribution in [3.63, 3.8) is 0 Å². The van der Waals surface area contributed by atoms with E-state index in [2.05, 4.69) is 24.0 Å². The molecule has 1 saturated carbocycles. The van der Waals surface area contributed by atoms with Gasteiger partial charge in [-0.2, -0.15) is 0 Å². The van der Waals surface area contributed by atoms with Gasteiger partial charge in [0, 0.05) is 18.1 Å².